The predicted molar refractivity (Wildman–Crippen MR) is 88.7 cm³/mol. The summed E-state index contributed by atoms with van der Waals surface area (Å²) in [5.41, 5.74) is 3.01. The van der Waals surface area contributed by atoms with Gasteiger partial charge >= 0.3 is 0 Å². The van der Waals surface area contributed by atoms with Gasteiger partial charge in [-0.3, -0.25) is 14.9 Å². The fourth-order valence-corrected chi connectivity index (χ4v) is 3.07. The zero-order chi connectivity index (χ0) is 17.7. The monoisotopic (exact) mass is 338 g/mol. The third-order valence-corrected chi connectivity index (χ3v) is 4.23. The number of hydrogen-bond acceptors (Lipinski definition) is 6. The highest BCUT2D eigenvalue weighted by Gasteiger charge is 2.30. The zero-order valence-electron chi connectivity index (χ0n) is 13.6. The molecular weight excluding hydrogens is 324 g/mol. The van der Waals surface area contributed by atoms with Crippen molar-refractivity contribution in [3.63, 3.8) is 0 Å². The second-order valence-corrected chi connectivity index (χ2v) is 5.96. The molecule has 0 radical (unpaired) electrons. The Morgan fingerprint density at radius 2 is 2.04 bits per heavy atom. The van der Waals surface area contributed by atoms with Crippen LogP contribution in [-0.2, 0) is 6.42 Å². The number of nitro groups is 1. The molecule has 0 saturated carbocycles. The molecule has 0 saturated heterocycles. The smallest absolute Gasteiger partial charge is 0.298 e. The van der Waals surface area contributed by atoms with Crippen LogP contribution < -0.4 is 4.90 Å². The number of non-ortho nitro benzene ring substituents is 1. The van der Waals surface area contributed by atoms with E-state index < -0.39 is 4.92 Å². The number of aromatic nitrogens is 4. The minimum Gasteiger partial charge on any atom is -0.305 e. The van der Waals surface area contributed by atoms with Crippen molar-refractivity contribution in [2.45, 2.75) is 20.3 Å². The second-order valence-electron chi connectivity index (χ2n) is 5.96. The summed E-state index contributed by atoms with van der Waals surface area (Å²) in [5.74, 6) is 0.00155. The topological polar surface area (TPSA) is 107 Å². The number of fused-ring (bicyclic) bond motifs is 2. The van der Waals surface area contributed by atoms with E-state index >= 15 is 0 Å². The van der Waals surface area contributed by atoms with Gasteiger partial charge < -0.3 is 4.90 Å². The summed E-state index contributed by atoms with van der Waals surface area (Å²) < 4.78 is 1.52. The normalized spacial score (nSPS) is 13.3. The summed E-state index contributed by atoms with van der Waals surface area (Å²) in [6.45, 7) is 4.15. The lowest BCUT2D eigenvalue weighted by atomic mass is 10.1. The third kappa shape index (κ3) is 2.40. The molecule has 1 aromatic carbocycles. The van der Waals surface area contributed by atoms with E-state index in [1.807, 2.05) is 19.9 Å². The molecule has 0 aliphatic carbocycles. The Morgan fingerprint density at radius 3 is 2.80 bits per heavy atom. The van der Waals surface area contributed by atoms with Gasteiger partial charge in [-0.25, -0.2) is 9.50 Å². The van der Waals surface area contributed by atoms with Crippen molar-refractivity contribution in [3.8, 4) is 0 Å². The van der Waals surface area contributed by atoms with Crippen molar-refractivity contribution in [2.75, 3.05) is 11.4 Å². The molecule has 9 nitrogen and oxygen atoms in total. The van der Waals surface area contributed by atoms with E-state index in [-0.39, 0.29) is 17.4 Å². The number of rotatable bonds is 2. The predicted octanol–water partition coefficient (Wildman–Crippen LogP) is 1.85. The third-order valence-electron chi connectivity index (χ3n) is 4.23. The minimum atomic E-state index is -0.472. The van der Waals surface area contributed by atoms with Crippen LogP contribution in [-0.4, -0.2) is 37.0 Å². The molecule has 1 aliphatic heterocycles. The number of carbonyl (C=O) groups is 1. The Labute approximate surface area is 142 Å². The molecule has 0 N–H and O–H groups in total. The van der Waals surface area contributed by atoms with Crippen molar-refractivity contribution in [1.82, 2.24) is 19.6 Å². The Morgan fingerprint density at radius 1 is 1.24 bits per heavy atom. The van der Waals surface area contributed by atoms with Crippen LogP contribution in [0.5, 0.6) is 0 Å². The van der Waals surface area contributed by atoms with Crippen LogP contribution in [0, 0.1) is 24.0 Å². The SMILES string of the molecule is Cc1cc(C)n2nc(C(=O)N3CCc4ccc([N+](=O)[O-])cc43)nc2n1. The van der Waals surface area contributed by atoms with Gasteiger partial charge in [0.1, 0.15) is 0 Å². The van der Waals surface area contributed by atoms with Gasteiger partial charge in [-0.1, -0.05) is 6.07 Å². The van der Waals surface area contributed by atoms with Gasteiger partial charge in [0, 0.05) is 30.1 Å². The summed E-state index contributed by atoms with van der Waals surface area (Å²) in [6, 6.07) is 6.41. The van der Waals surface area contributed by atoms with Crippen LogP contribution in [0.15, 0.2) is 24.3 Å². The Hall–Kier alpha value is -3.36. The fourth-order valence-electron chi connectivity index (χ4n) is 3.07. The number of nitrogens with zero attached hydrogens (tertiary/aromatic N) is 6. The number of hydrogen-bond donors (Lipinski definition) is 0. The molecular formula is C16H14N6O3. The Kier molecular flexibility index (Phi) is 3.24. The number of anilines is 1. The molecule has 126 valence electrons. The summed E-state index contributed by atoms with van der Waals surface area (Å²) in [6.07, 6.45) is 0.642. The van der Waals surface area contributed by atoms with Gasteiger partial charge in [0.05, 0.1) is 10.6 Å². The Bertz CT molecular complexity index is 1040. The lowest BCUT2D eigenvalue weighted by molar-refractivity contribution is -0.384. The molecule has 0 spiro atoms. The Balaban J connectivity index is 1.75. The summed E-state index contributed by atoms with van der Waals surface area (Å²) >= 11 is 0. The van der Waals surface area contributed by atoms with E-state index in [4.69, 9.17) is 0 Å². The van der Waals surface area contributed by atoms with Crippen LogP contribution in [0.1, 0.15) is 27.6 Å². The molecule has 2 aromatic heterocycles. The molecule has 1 amide bonds. The van der Waals surface area contributed by atoms with Crippen molar-refractivity contribution in [2.24, 2.45) is 0 Å². The van der Waals surface area contributed by atoms with Gasteiger partial charge in [0.25, 0.3) is 17.4 Å². The van der Waals surface area contributed by atoms with Crippen molar-refractivity contribution >= 4 is 23.1 Å². The van der Waals surface area contributed by atoms with E-state index in [9.17, 15) is 14.9 Å². The van der Waals surface area contributed by atoms with Crippen LogP contribution in [0.25, 0.3) is 5.78 Å². The van der Waals surface area contributed by atoms with Crippen molar-refractivity contribution in [1.29, 1.82) is 0 Å². The first-order valence-electron chi connectivity index (χ1n) is 7.74. The van der Waals surface area contributed by atoms with Gasteiger partial charge in [-0.05, 0) is 31.9 Å². The second kappa shape index (κ2) is 5.33. The quantitative estimate of drug-likeness (QED) is 0.521. The highest BCUT2D eigenvalue weighted by molar-refractivity contribution is 6.05. The van der Waals surface area contributed by atoms with Gasteiger partial charge in [0.2, 0.25) is 5.82 Å². The lowest BCUT2D eigenvalue weighted by Gasteiger charge is -2.14. The number of amides is 1. The number of nitro benzene ring substituents is 1. The van der Waals surface area contributed by atoms with Crippen LogP contribution in [0.3, 0.4) is 0 Å². The fraction of sp³-hybridized carbons (Fsp3) is 0.250. The molecule has 0 fully saturated rings. The van der Waals surface area contributed by atoms with Gasteiger partial charge in [-0.15, -0.1) is 5.10 Å². The molecule has 9 heteroatoms. The summed E-state index contributed by atoms with van der Waals surface area (Å²) in [4.78, 5) is 33.4. The van der Waals surface area contributed by atoms with Crippen molar-refractivity contribution in [3.05, 3.63) is 57.2 Å². The zero-order valence-corrected chi connectivity index (χ0v) is 13.6. The highest BCUT2D eigenvalue weighted by atomic mass is 16.6. The van der Waals surface area contributed by atoms with Gasteiger partial charge in [-0.2, -0.15) is 4.98 Å². The molecule has 4 rings (SSSR count). The maximum absolute atomic E-state index is 12.8. The van der Waals surface area contributed by atoms with E-state index in [0.29, 0.717) is 24.4 Å². The minimum absolute atomic E-state index is 0.0283. The number of aryl methyl sites for hydroxylation is 2. The van der Waals surface area contributed by atoms with Crippen LogP contribution >= 0.6 is 0 Å². The first-order chi connectivity index (χ1) is 11.9. The lowest BCUT2D eigenvalue weighted by Crippen LogP contribution is -2.30. The van der Waals surface area contributed by atoms with Gasteiger partial charge in [0.15, 0.2) is 0 Å². The summed E-state index contributed by atoms with van der Waals surface area (Å²) in [7, 11) is 0. The first kappa shape index (κ1) is 15.2. The molecule has 25 heavy (non-hydrogen) atoms. The van der Waals surface area contributed by atoms with E-state index in [1.54, 1.807) is 6.07 Å². The van der Waals surface area contributed by atoms with E-state index in [2.05, 4.69) is 15.1 Å². The molecule has 0 atom stereocenters. The molecule has 3 aromatic rings. The molecule has 0 bridgehead atoms. The average Bonchev–Trinajstić information content (AvgIpc) is 3.17. The van der Waals surface area contributed by atoms with E-state index in [0.717, 1.165) is 17.0 Å². The number of carbonyl (C=O) groups excluding carboxylic acids is 1. The molecule has 3 heterocycles. The van der Waals surface area contributed by atoms with Crippen LogP contribution in [0.2, 0.25) is 0 Å². The summed E-state index contributed by atoms with van der Waals surface area (Å²) in [5, 5.41) is 15.2. The maximum Gasteiger partial charge on any atom is 0.298 e. The molecule has 0 unspecified atom stereocenters. The molecule has 1 aliphatic rings. The highest BCUT2D eigenvalue weighted by Crippen LogP contribution is 2.32. The van der Waals surface area contributed by atoms with E-state index in [1.165, 1.54) is 21.5 Å². The average molecular weight is 338 g/mol. The van der Waals surface area contributed by atoms with Crippen LogP contribution in [0.4, 0.5) is 11.4 Å². The van der Waals surface area contributed by atoms with Crippen molar-refractivity contribution < 1.29 is 9.72 Å². The largest absolute Gasteiger partial charge is 0.305 e. The maximum atomic E-state index is 12.8. The standard InChI is InChI=1S/C16H14N6O3/c1-9-7-10(2)21-16(17-9)18-14(19-21)15(23)20-6-5-11-3-4-12(22(24)25)8-13(11)20/h3-4,7-8H,5-6H2,1-2H3. The number of benzene rings is 1. The first-order valence-corrected chi connectivity index (χ1v) is 7.74.